The molecule has 1 aliphatic heterocycles. The molecule has 9 heteroatoms. The van der Waals surface area contributed by atoms with E-state index in [0.29, 0.717) is 11.3 Å². The van der Waals surface area contributed by atoms with Gasteiger partial charge in [0.25, 0.3) is 0 Å². The smallest absolute Gasteiger partial charge is 0.310 e. The van der Waals surface area contributed by atoms with Gasteiger partial charge < -0.3 is 4.90 Å². The van der Waals surface area contributed by atoms with Crippen LogP contribution in [0.1, 0.15) is 24.0 Å². The number of hydrogen-bond donors (Lipinski definition) is 0. The molecule has 5 rings (SSSR count). The maximum atomic E-state index is 14.2. The number of likely N-dealkylation sites (N-methyl/N-ethyl adjacent to an activating group) is 1. The molecular weight excluding hydrogens is 481 g/mol. The van der Waals surface area contributed by atoms with Crippen LogP contribution < -0.4 is 9.80 Å². The average molecular weight is 505 g/mol. The molecule has 0 saturated carbocycles. The van der Waals surface area contributed by atoms with Gasteiger partial charge in [0.05, 0.1) is 22.6 Å². The van der Waals surface area contributed by atoms with Crippen molar-refractivity contribution in [2.45, 2.75) is 19.0 Å². The number of carbonyl (C=O) groups excluding carboxylic acids is 2. The van der Waals surface area contributed by atoms with Gasteiger partial charge in [-0.3, -0.25) is 19.2 Å². The highest BCUT2D eigenvalue weighted by Crippen LogP contribution is 2.44. The average Bonchev–Trinajstić information content (AvgIpc) is 3.28. The van der Waals surface area contributed by atoms with Gasteiger partial charge in [-0.05, 0) is 55.0 Å². The predicted octanol–water partition coefficient (Wildman–Crippen LogP) is 5.92. The molecule has 37 heavy (non-hydrogen) atoms. The number of para-hydroxylation sites is 1. The molecular formula is C28H23F3N4O2. The summed E-state index contributed by atoms with van der Waals surface area (Å²) in [4.78, 5) is 30.7. The molecule has 4 aromatic rings. The molecule has 1 unspecified atom stereocenters. The third-order valence-electron chi connectivity index (χ3n) is 6.48. The molecule has 0 N–H and O–H groups in total. The number of amides is 2. The maximum Gasteiger partial charge on any atom is 0.416 e. The summed E-state index contributed by atoms with van der Waals surface area (Å²) in [5, 5.41) is 4.19. The van der Waals surface area contributed by atoms with E-state index in [2.05, 4.69) is 5.10 Å². The van der Waals surface area contributed by atoms with E-state index >= 15 is 0 Å². The Morgan fingerprint density at radius 3 is 2.27 bits per heavy atom. The van der Waals surface area contributed by atoms with Gasteiger partial charge in [0.1, 0.15) is 5.92 Å². The number of anilines is 3. The van der Waals surface area contributed by atoms with Crippen molar-refractivity contribution >= 4 is 28.9 Å². The summed E-state index contributed by atoms with van der Waals surface area (Å²) < 4.78 is 42.8. The first kappa shape index (κ1) is 24.3. The quantitative estimate of drug-likeness (QED) is 0.324. The summed E-state index contributed by atoms with van der Waals surface area (Å²) in [6.45, 7) is 1.90. The molecule has 188 valence electrons. The second-order valence-electron chi connectivity index (χ2n) is 8.69. The van der Waals surface area contributed by atoms with Gasteiger partial charge in [0.15, 0.2) is 0 Å². The number of benzene rings is 3. The molecule has 0 bridgehead atoms. The Labute approximate surface area is 211 Å². The number of carbonyl (C=O) groups is 2. The zero-order valence-corrected chi connectivity index (χ0v) is 20.1. The van der Waals surface area contributed by atoms with Crippen LogP contribution in [0.25, 0.3) is 11.3 Å². The fourth-order valence-corrected chi connectivity index (χ4v) is 4.72. The van der Waals surface area contributed by atoms with Crippen molar-refractivity contribution in [1.29, 1.82) is 0 Å². The Hall–Kier alpha value is -4.40. The van der Waals surface area contributed by atoms with Crippen LogP contribution in [0.2, 0.25) is 0 Å². The Balaban J connectivity index is 1.73. The van der Waals surface area contributed by atoms with Crippen molar-refractivity contribution in [3.8, 4) is 11.3 Å². The van der Waals surface area contributed by atoms with Crippen LogP contribution in [0.3, 0.4) is 0 Å². The highest BCUT2D eigenvalue weighted by Gasteiger charge is 2.43. The normalized spacial score (nSPS) is 16.1. The van der Waals surface area contributed by atoms with E-state index < -0.39 is 29.5 Å². The lowest BCUT2D eigenvalue weighted by Crippen LogP contribution is -2.39. The van der Waals surface area contributed by atoms with Gasteiger partial charge in [0, 0.05) is 31.0 Å². The fraction of sp³-hybridized carbons (Fsp3) is 0.179. The number of aryl methyl sites for hydroxylation is 1. The lowest BCUT2D eigenvalue weighted by atomic mass is 9.93. The lowest BCUT2D eigenvalue weighted by Gasteiger charge is -2.26. The molecule has 2 heterocycles. The standard InChI is InChI=1S/C28H23F3N4O2/c1-3-34-23-13-12-20(28(29,30)31)17-24(23)35(21-10-5-4-6-11-21)27(37)25(26(34)36)19-9-7-8-18(16-19)22-14-15-32-33(22)2/h4-17,25H,3H2,1-2H3. The van der Waals surface area contributed by atoms with Crippen LogP contribution in [-0.4, -0.2) is 28.1 Å². The van der Waals surface area contributed by atoms with Gasteiger partial charge in [-0.25, -0.2) is 0 Å². The predicted molar refractivity (Wildman–Crippen MR) is 134 cm³/mol. The third-order valence-corrected chi connectivity index (χ3v) is 6.48. The zero-order chi connectivity index (χ0) is 26.3. The number of halogens is 3. The SMILES string of the molecule is CCN1C(=O)C(c2cccc(-c3ccnn3C)c2)C(=O)N(c2ccccc2)c2cc(C(F)(F)F)ccc21. The van der Waals surface area contributed by atoms with Crippen molar-refractivity contribution in [3.63, 3.8) is 0 Å². The molecule has 1 atom stereocenters. The number of alkyl halides is 3. The number of nitrogens with zero attached hydrogens (tertiary/aromatic N) is 4. The van der Waals surface area contributed by atoms with Crippen molar-refractivity contribution in [1.82, 2.24) is 9.78 Å². The summed E-state index contributed by atoms with van der Waals surface area (Å²) in [6, 6.07) is 20.4. The van der Waals surface area contributed by atoms with Crippen molar-refractivity contribution < 1.29 is 22.8 Å². The molecule has 0 aliphatic carbocycles. The van der Waals surface area contributed by atoms with Gasteiger partial charge in [-0.2, -0.15) is 18.3 Å². The van der Waals surface area contributed by atoms with Gasteiger partial charge in [-0.15, -0.1) is 0 Å². The monoisotopic (exact) mass is 504 g/mol. The van der Waals surface area contributed by atoms with Crippen LogP contribution in [-0.2, 0) is 22.8 Å². The minimum Gasteiger partial charge on any atom is -0.310 e. The molecule has 1 aliphatic rings. The summed E-state index contributed by atoms with van der Waals surface area (Å²) >= 11 is 0. The first-order valence-corrected chi connectivity index (χ1v) is 11.7. The van der Waals surface area contributed by atoms with Gasteiger partial charge in [0.2, 0.25) is 11.8 Å². The minimum absolute atomic E-state index is 0.00603. The van der Waals surface area contributed by atoms with E-state index in [1.165, 1.54) is 15.9 Å². The van der Waals surface area contributed by atoms with E-state index in [1.54, 1.807) is 73.4 Å². The third kappa shape index (κ3) is 4.26. The van der Waals surface area contributed by atoms with Crippen molar-refractivity contribution in [3.05, 3.63) is 96.2 Å². The van der Waals surface area contributed by atoms with E-state index in [9.17, 15) is 22.8 Å². The van der Waals surface area contributed by atoms with Crippen molar-refractivity contribution in [2.75, 3.05) is 16.3 Å². The van der Waals surface area contributed by atoms with E-state index in [0.717, 1.165) is 23.4 Å². The van der Waals surface area contributed by atoms with Crippen LogP contribution in [0.4, 0.5) is 30.2 Å². The molecule has 3 aromatic carbocycles. The molecule has 6 nitrogen and oxygen atoms in total. The largest absolute Gasteiger partial charge is 0.416 e. The molecule has 0 fully saturated rings. The molecule has 0 spiro atoms. The lowest BCUT2D eigenvalue weighted by molar-refractivity contribution is -0.137. The number of aromatic nitrogens is 2. The van der Waals surface area contributed by atoms with Crippen LogP contribution >= 0.6 is 0 Å². The highest BCUT2D eigenvalue weighted by atomic mass is 19.4. The summed E-state index contributed by atoms with van der Waals surface area (Å²) in [7, 11) is 1.79. The summed E-state index contributed by atoms with van der Waals surface area (Å²) in [5.74, 6) is -2.40. The second kappa shape index (κ2) is 9.24. The maximum absolute atomic E-state index is 14.2. The Morgan fingerprint density at radius 2 is 1.62 bits per heavy atom. The Bertz CT molecular complexity index is 1480. The first-order valence-electron chi connectivity index (χ1n) is 11.7. The van der Waals surface area contributed by atoms with Gasteiger partial charge in [-0.1, -0.05) is 36.4 Å². The van der Waals surface area contributed by atoms with Crippen LogP contribution in [0, 0.1) is 0 Å². The fourth-order valence-electron chi connectivity index (χ4n) is 4.72. The van der Waals surface area contributed by atoms with Crippen LogP contribution in [0.5, 0.6) is 0 Å². The zero-order valence-electron chi connectivity index (χ0n) is 20.1. The number of hydrogen-bond acceptors (Lipinski definition) is 3. The summed E-state index contributed by atoms with van der Waals surface area (Å²) in [5.41, 5.74) is 1.70. The Morgan fingerprint density at radius 1 is 0.865 bits per heavy atom. The molecule has 0 radical (unpaired) electrons. The second-order valence-corrected chi connectivity index (χ2v) is 8.69. The number of fused-ring (bicyclic) bond motifs is 1. The summed E-state index contributed by atoms with van der Waals surface area (Å²) in [6.07, 6.45) is -2.97. The van der Waals surface area contributed by atoms with E-state index in [4.69, 9.17) is 0 Å². The molecule has 1 aromatic heterocycles. The molecule has 0 saturated heterocycles. The number of rotatable bonds is 4. The van der Waals surface area contributed by atoms with Crippen LogP contribution in [0.15, 0.2) is 85.1 Å². The topological polar surface area (TPSA) is 58.4 Å². The van der Waals surface area contributed by atoms with Crippen molar-refractivity contribution in [2.24, 2.45) is 7.05 Å². The van der Waals surface area contributed by atoms with E-state index in [1.807, 2.05) is 12.1 Å². The van der Waals surface area contributed by atoms with E-state index in [-0.39, 0.29) is 17.9 Å². The minimum atomic E-state index is -4.62. The Kier molecular flexibility index (Phi) is 6.07. The van der Waals surface area contributed by atoms with Gasteiger partial charge >= 0.3 is 6.18 Å². The molecule has 2 amide bonds. The first-order chi connectivity index (χ1) is 17.7. The highest BCUT2D eigenvalue weighted by molar-refractivity contribution is 6.23.